The number of carboxylic acid groups (broad SMARTS) is 1. The number of halogens is 2. The predicted octanol–water partition coefficient (Wildman–Crippen LogP) is 6.36. The maximum atomic E-state index is 14.2. The number of likely N-dealkylation sites (tertiary alicyclic amines) is 2. The predicted molar refractivity (Wildman–Crippen MR) is 146 cm³/mol. The van der Waals surface area contributed by atoms with Crippen molar-refractivity contribution in [3.8, 4) is 0 Å². The van der Waals surface area contributed by atoms with Gasteiger partial charge >= 0.3 is 5.97 Å². The van der Waals surface area contributed by atoms with Gasteiger partial charge in [-0.3, -0.25) is 9.69 Å². The maximum absolute atomic E-state index is 14.2. The molecular formula is C32H42F2N2O2. The highest BCUT2D eigenvalue weighted by molar-refractivity contribution is 5.73. The van der Waals surface area contributed by atoms with E-state index in [1.165, 1.54) is 37.3 Å². The molecule has 0 amide bonds. The molecule has 2 aliphatic heterocycles. The molecule has 2 aromatic rings. The van der Waals surface area contributed by atoms with Crippen LogP contribution >= 0.6 is 0 Å². The number of hydrogen-bond donors (Lipinski definition) is 1. The topological polar surface area (TPSA) is 43.8 Å². The van der Waals surface area contributed by atoms with E-state index in [1.807, 2.05) is 18.2 Å². The van der Waals surface area contributed by atoms with Gasteiger partial charge in [0.15, 0.2) is 0 Å². The van der Waals surface area contributed by atoms with Gasteiger partial charge in [-0.05, 0) is 98.3 Å². The van der Waals surface area contributed by atoms with Crippen molar-refractivity contribution in [2.24, 2.45) is 17.8 Å². The van der Waals surface area contributed by atoms with Crippen LogP contribution in [0.25, 0.3) is 0 Å². The van der Waals surface area contributed by atoms with Crippen LogP contribution in [-0.2, 0) is 11.2 Å². The average Bonchev–Trinajstić information content (AvgIpc) is 3.28. The number of rotatable bonds is 11. The van der Waals surface area contributed by atoms with Crippen LogP contribution in [0.3, 0.4) is 0 Å². The first-order chi connectivity index (χ1) is 18.4. The van der Waals surface area contributed by atoms with Gasteiger partial charge in [-0.25, -0.2) is 8.78 Å². The number of carboxylic acids is 1. The summed E-state index contributed by atoms with van der Waals surface area (Å²) in [7, 11) is 0. The first kappa shape index (κ1) is 27.3. The van der Waals surface area contributed by atoms with Crippen LogP contribution in [0.4, 0.5) is 8.78 Å². The molecule has 1 saturated carbocycles. The van der Waals surface area contributed by atoms with Crippen LogP contribution in [0.2, 0.25) is 0 Å². The zero-order chi connectivity index (χ0) is 26.5. The van der Waals surface area contributed by atoms with Crippen molar-refractivity contribution in [2.75, 3.05) is 32.7 Å². The fraction of sp³-hybridized carbons (Fsp3) is 0.594. The van der Waals surface area contributed by atoms with E-state index in [-0.39, 0.29) is 17.6 Å². The quantitative estimate of drug-likeness (QED) is 0.372. The molecule has 0 unspecified atom stereocenters. The Hall–Kier alpha value is -2.31. The lowest BCUT2D eigenvalue weighted by atomic mass is 9.80. The Morgan fingerprint density at radius 2 is 1.71 bits per heavy atom. The Balaban J connectivity index is 1.16. The van der Waals surface area contributed by atoms with Crippen LogP contribution in [0, 0.1) is 29.4 Å². The Bertz CT molecular complexity index is 1050. The van der Waals surface area contributed by atoms with Gasteiger partial charge in [0.05, 0.1) is 0 Å². The third-order valence-electron chi connectivity index (χ3n) is 9.44. The van der Waals surface area contributed by atoms with E-state index in [0.29, 0.717) is 18.4 Å². The number of aliphatic carboxylic acids is 1. The number of hydrogen-bond acceptors (Lipinski definition) is 3. The Labute approximate surface area is 226 Å². The van der Waals surface area contributed by atoms with E-state index in [0.717, 1.165) is 69.8 Å². The number of nitrogens with zero attached hydrogens (tertiary/aromatic N) is 2. The molecule has 206 valence electrons. The van der Waals surface area contributed by atoms with Gasteiger partial charge in [-0.15, -0.1) is 0 Å². The van der Waals surface area contributed by atoms with E-state index in [1.54, 1.807) is 24.3 Å². The molecule has 0 bridgehead atoms. The van der Waals surface area contributed by atoms with Crippen LogP contribution in [0.5, 0.6) is 0 Å². The molecule has 5 rings (SSSR count). The average molecular weight is 525 g/mol. The maximum Gasteiger partial charge on any atom is 0.320 e. The van der Waals surface area contributed by atoms with Crippen LogP contribution < -0.4 is 0 Å². The van der Waals surface area contributed by atoms with Gasteiger partial charge < -0.3 is 10.0 Å². The van der Waals surface area contributed by atoms with Crippen molar-refractivity contribution >= 4 is 5.97 Å². The van der Waals surface area contributed by atoms with E-state index in [9.17, 15) is 18.7 Å². The minimum atomic E-state index is -0.711. The third-order valence-corrected chi connectivity index (χ3v) is 9.44. The van der Waals surface area contributed by atoms with Crippen molar-refractivity contribution in [1.82, 2.24) is 9.80 Å². The van der Waals surface area contributed by atoms with Gasteiger partial charge in [0.25, 0.3) is 0 Å². The fourth-order valence-electron chi connectivity index (χ4n) is 6.94. The number of benzene rings is 2. The largest absolute Gasteiger partial charge is 0.480 e. The molecule has 0 spiro atoms. The molecular weight excluding hydrogens is 482 g/mol. The molecule has 1 aliphatic carbocycles. The van der Waals surface area contributed by atoms with E-state index >= 15 is 0 Å². The highest BCUT2D eigenvalue weighted by atomic mass is 19.1. The van der Waals surface area contributed by atoms with E-state index in [2.05, 4.69) is 9.80 Å². The zero-order valence-electron chi connectivity index (χ0n) is 22.4. The van der Waals surface area contributed by atoms with E-state index < -0.39 is 12.0 Å². The van der Waals surface area contributed by atoms with Crippen molar-refractivity contribution < 1.29 is 18.7 Å². The molecule has 2 heterocycles. The van der Waals surface area contributed by atoms with Gasteiger partial charge in [0, 0.05) is 25.6 Å². The molecule has 2 saturated heterocycles. The lowest BCUT2D eigenvalue weighted by Crippen LogP contribution is -2.43. The normalized spacial score (nSPS) is 24.4. The Kier molecular flexibility index (Phi) is 9.11. The van der Waals surface area contributed by atoms with Gasteiger partial charge in [0.1, 0.15) is 17.7 Å². The molecule has 38 heavy (non-hydrogen) atoms. The smallest absolute Gasteiger partial charge is 0.320 e. The molecule has 2 aromatic carbocycles. The van der Waals surface area contributed by atoms with Crippen molar-refractivity contribution in [1.29, 1.82) is 0 Å². The highest BCUT2D eigenvalue weighted by Gasteiger charge is 2.41. The second-order valence-corrected chi connectivity index (χ2v) is 12.0. The summed E-state index contributed by atoms with van der Waals surface area (Å²) in [6.45, 7) is 4.53. The summed E-state index contributed by atoms with van der Waals surface area (Å²) >= 11 is 0. The molecule has 4 nitrogen and oxygen atoms in total. The number of piperidine rings is 1. The Morgan fingerprint density at radius 3 is 2.37 bits per heavy atom. The minimum absolute atomic E-state index is 0.155. The number of aryl methyl sites for hydroxylation is 1. The summed E-state index contributed by atoms with van der Waals surface area (Å²) in [6.07, 6.45) is 9.95. The van der Waals surface area contributed by atoms with Gasteiger partial charge in [-0.2, -0.15) is 0 Å². The van der Waals surface area contributed by atoms with Gasteiger partial charge in [-0.1, -0.05) is 49.9 Å². The second-order valence-electron chi connectivity index (χ2n) is 12.0. The monoisotopic (exact) mass is 524 g/mol. The summed E-state index contributed by atoms with van der Waals surface area (Å²) in [4.78, 5) is 17.0. The lowest BCUT2D eigenvalue weighted by Gasteiger charge is -2.35. The molecule has 6 heteroatoms. The van der Waals surface area contributed by atoms with Gasteiger partial charge in [0.2, 0.25) is 0 Å². The van der Waals surface area contributed by atoms with Crippen LogP contribution in [-0.4, -0.2) is 59.6 Å². The number of carbonyl (C=O) groups is 1. The molecule has 1 N–H and O–H groups in total. The SMILES string of the molecule is O=C(O)[C@@H](CC1CCC1)N1C[C@@H](CN2CCC(CCCc3ccc(F)cc3)CC2)[C@@H](c2cccc(F)c2)C1. The molecule has 0 aromatic heterocycles. The molecule has 3 aliphatic rings. The van der Waals surface area contributed by atoms with E-state index in [4.69, 9.17) is 0 Å². The zero-order valence-corrected chi connectivity index (χ0v) is 22.4. The second kappa shape index (κ2) is 12.7. The first-order valence-corrected chi connectivity index (χ1v) is 14.6. The van der Waals surface area contributed by atoms with Crippen LogP contribution in [0.1, 0.15) is 68.4 Å². The Morgan fingerprint density at radius 1 is 0.947 bits per heavy atom. The van der Waals surface area contributed by atoms with Crippen molar-refractivity contribution in [2.45, 2.75) is 69.7 Å². The third kappa shape index (κ3) is 7.01. The minimum Gasteiger partial charge on any atom is -0.480 e. The lowest BCUT2D eigenvalue weighted by molar-refractivity contribution is -0.144. The summed E-state index contributed by atoms with van der Waals surface area (Å²) in [5.41, 5.74) is 2.20. The summed E-state index contributed by atoms with van der Waals surface area (Å²) < 4.78 is 27.3. The van der Waals surface area contributed by atoms with Crippen LogP contribution in [0.15, 0.2) is 48.5 Å². The standard InChI is InChI=1S/C32H42F2N2O2/c33-28-12-10-23(11-13-28)4-1-5-24-14-16-35(17-15-24)20-27-21-36(31(32(37)38)18-25-6-2-7-25)22-30(27)26-8-3-9-29(34)19-26/h3,8-13,19,24-25,27,30-31H,1-2,4-7,14-18,20-22H2,(H,37,38)/t27-,30-,31-/m1/s1. The molecule has 3 atom stereocenters. The summed E-state index contributed by atoms with van der Waals surface area (Å²) in [5.74, 6) is 0.609. The van der Waals surface area contributed by atoms with Crippen molar-refractivity contribution in [3.05, 3.63) is 71.3 Å². The first-order valence-electron chi connectivity index (χ1n) is 14.6. The van der Waals surface area contributed by atoms with Crippen molar-refractivity contribution in [3.63, 3.8) is 0 Å². The summed E-state index contributed by atoms with van der Waals surface area (Å²) in [5, 5.41) is 10.1. The fourth-order valence-corrected chi connectivity index (χ4v) is 6.94. The molecule has 0 radical (unpaired) electrons. The molecule has 3 fully saturated rings. The summed E-state index contributed by atoms with van der Waals surface area (Å²) in [6, 6.07) is 13.4. The highest BCUT2D eigenvalue weighted by Crippen LogP contribution is 2.38.